The van der Waals surface area contributed by atoms with Crippen molar-refractivity contribution in [2.24, 2.45) is 5.92 Å². The average Bonchev–Trinajstić information content (AvgIpc) is 3.15. The number of nitrogens with zero attached hydrogens (tertiary/aromatic N) is 2. The van der Waals surface area contributed by atoms with Crippen LogP contribution in [0.25, 0.3) is 11.5 Å². The number of allylic oxidation sites excluding steroid dienone is 1. The Morgan fingerprint density at radius 1 is 1.29 bits per heavy atom. The van der Waals surface area contributed by atoms with Gasteiger partial charge in [-0.25, -0.2) is 8.42 Å². The highest BCUT2D eigenvalue weighted by atomic mass is 32.2. The minimum atomic E-state index is -3.12. The van der Waals surface area contributed by atoms with Gasteiger partial charge in [-0.05, 0) is 12.1 Å². The molecule has 1 atom stereocenters. The molecule has 2 aromatic rings. The van der Waals surface area contributed by atoms with Gasteiger partial charge in [0.15, 0.2) is 15.7 Å². The summed E-state index contributed by atoms with van der Waals surface area (Å²) in [7, 11) is -3.12. The van der Waals surface area contributed by atoms with Crippen LogP contribution >= 0.6 is 0 Å². The molecule has 0 aliphatic carbocycles. The minimum absolute atomic E-state index is 0.00565. The van der Waals surface area contributed by atoms with Crippen molar-refractivity contribution in [1.82, 2.24) is 15.5 Å². The van der Waals surface area contributed by atoms with Gasteiger partial charge in [0.1, 0.15) is 0 Å². The maximum absolute atomic E-state index is 11.8. The predicted octanol–water partition coefficient (Wildman–Crippen LogP) is 1.34. The molecule has 1 N–H and O–H groups in total. The van der Waals surface area contributed by atoms with Gasteiger partial charge in [-0.1, -0.05) is 29.4 Å². The van der Waals surface area contributed by atoms with Crippen molar-refractivity contribution in [3.8, 4) is 11.5 Å². The minimum Gasteiger partial charge on any atom is -0.356 e. The summed E-state index contributed by atoms with van der Waals surface area (Å²) in [5.74, 6) is 0.528. The average molecular weight is 347 g/mol. The fourth-order valence-corrected chi connectivity index (χ4v) is 3.84. The van der Waals surface area contributed by atoms with E-state index in [0.717, 1.165) is 5.56 Å². The molecule has 1 aliphatic heterocycles. The maximum Gasteiger partial charge on any atom is 0.257 e. The van der Waals surface area contributed by atoms with E-state index in [-0.39, 0.29) is 24.0 Å². The van der Waals surface area contributed by atoms with Crippen LogP contribution in [-0.2, 0) is 21.1 Å². The number of aromatic nitrogens is 2. The number of hydrogen-bond acceptors (Lipinski definition) is 6. The van der Waals surface area contributed by atoms with Crippen LogP contribution in [0.4, 0.5) is 0 Å². The van der Waals surface area contributed by atoms with E-state index in [1.54, 1.807) is 6.08 Å². The second kappa shape index (κ2) is 6.96. The van der Waals surface area contributed by atoms with Crippen molar-refractivity contribution >= 4 is 15.7 Å². The standard InChI is InChI=1S/C16H17N3O4S/c20-15(10-12-7-9-24(21,22)11-12)17-8-6-14-18-16(23-19-14)13-4-2-1-3-5-13/h1-5,7,9,12H,6,8,10-11H2,(H,17,20)/t12-/m1/s1. The Kier molecular flexibility index (Phi) is 4.75. The summed E-state index contributed by atoms with van der Waals surface area (Å²) < 4.78 is 27.8. The number of nitrogens with one attached hydrogen (secondary N) is 1. The van der Waals surface area contributed by atoms with Gasteiger partial charge < -0.3 is 9.84 Å². The molecule has 1 amide bonds. The second-order valence-electron chi connectivity index (χ2n) is 5.60. The van der Waals surface area contributed by atoms with Gasteiger partial charge in [-0.15, -0.1) is 0 Å². The third-order valence-electron chi connectivity index (χ3n) is 3.61. The highest BCUT2D eigenvalue weighted by Gasteiger charge is 2.23. The number of amides is 1. The lowest BCUT2D eigenvalue weighted by molar-refractivity contribution is -0.121. The molecule has 0 radical (unpaired) electrons. The number of rotatable bonds is 6. The maximum atomic E-state index is 11.8. The first-order valence-corrected chi connectivity index (χ1v) is 9.29. The van der Waals surface area contributed by atoms with E-state index < -0.39 is 9.84 Å². The molecular formula is C16H17N3O4S. The van der Waals surface area contributed by atoms with Gasteiger partial charge in [0.05, 0.1) is 5.75 Å². The molecule has 0 saturated heterocycles. The van der Waals surface area contributed by atoms with Crippen LogP contribution in [0.1, 0.15) is 12.2 Å². The summed E-state index contributed by atoms with van der Waals surface area (Å²) in [5.41, 5.74) is 0.842. The summed E-state index contributed by atoms with van der Waals surface area (Å²) in [6.07, 6.45) is 2.18. The van der Waals surface area contributed by atoms with E-state index in [9.17, 15) is 13.2 Å². The Balaban J connectivity index is 1.44. The third-order valence-corrected chi connectivity index (χ3v) is 5.08. The fourth-order valence-electron chi connectivity index (χ4n) is 2.44. The normalized spacial score (nSPS) is 18.6. The number of carbonyl (C=O) groups excluding carboxylic acids is 1. The first-order chi connectivity index (χ1) is 11.5. The van der Waals surface area contributed by atoms with Crippen molar-refractivity contribution in [1.29, 1.82) is 0 Å². The zero-order valence-corrected chi connectivity index (χ0v) is 13.7. The molecule has 0 saturated carbocycles. The van der Waals surface area contributed by atoms with E-state index in [4.69, 9.17) is 4.52 Å². The molecule has 1 aromatic heterocycles. The summed E-state index contributed by atoms with van der Waals surface area (Å²) in [6, 6.07) is 9.43. The molecule has 0 spiro atoms. The molecule has 1 aliphatic rings. The van der Waals surface area contributed by atoms with Crippen LogP contribution in [0.3, 0.4) is 0 Å². The Morgan fingerprint density at radius 2 is 2.08 bits per heavy atom. The number of sulfone groups is 1. The van der Waals surface area contributed by atoms with Crippen molar-refractivity contribution in [2.75, 3.05) is 12.3 Å². The smallest absolute Gasteiger partial charge is 0.257 e. The van der Waals surface area contributed by atoms with E-state index in [1.807, 2.05) is 30.3 Å². The molecule has 0 bridgehead atoms. The topological polar surface area (TPSA) is 102 Å². The van der Waals surface area contributed by atoms with Crippen molar-refractivity contribution < 1.29 is 17.7 Å². The van der Waals surface area contributed by atoms with Gasteiger partial charge in [0, 0.05) is 36.3 Å². The summed E-state index contributed by atoms with van der Waals surface area (Å²) in [6.45, 7) is 0.371. The van der Waals surface area contributed by atoms with E-state index in [0.29, 0.717) is 24.7 Å². The highest BCUT2D eigenvalue weighted by Crippen LogP contribution is 2.18. The molecule has 0 fully saturated rings. The fraction of sp³-hybridized carbons (Fsp3) is 0.312. The van der Waals surface area contributed by atoms with Gasteiger partial charge in [0.25, 0.3) is 5.89 Å². The third kappa shape index (κ3) is 4.29. The predicted molar refractivity (Wildman–Crippen MR) is 87.5 cm³/mol. The molecule has 0 unspecified atom stereocenters. The van der Waals surface area contributed by atoms with Crippen LogP contribution in [0.5, 0.6) is 0 Å². The van der Waals surface area contributed by atoms with Crippen LogP contribution in [-0.4, -0.2) is 36.8 Å². The second-order valence-corrected chi connectivity index (χ2v) is 7.54. The zero-order valence-electron chi connectivity index (χ0n) is 12.9. The molecule has 1 aromatic carbocycles. The SMILES string of the molecule is O=C(C[C@H]1C=CS(=O)(=O)C1)NCCc1noc(-c2ccccc2)n1. The first-order valence-electron chi connectivity index (χ1n) is 7.57. The molecule has 8 heteroatoms. The first kappa shape index (κ1) is 16.4. The van der Waals surface area contributed by atoms with Gasteiger partial charge in [-0.3, -0.25) is 4.79 Å². The van der Waals surface area contributed by atoms with Crippen molar-refractivity contribution in [3.63, 3.8) is 0 Å². The number of hydrogen-bond donors (Lipinski definition) is 1. The van der Waals surface area contributed by atoms with Gasteiger partial charge in [-0.2, -0.15) is 4.98 Å². The zero-order chi connectivity index (χ0) is 17.0. The van der Waals surface area contributed by atoms with E-state index in [1.165, 1.54) is 5.41 Å². The Bertz CT molecular complexity index is 843. The molecule has 2 heterocycles. The van der Waals surface area contributed by atoms with Crippen molar-refractivity contribution in [3.05, 3.63) is 47.6 Å². The van der Waals surface area contributed by atoms with E-state index in [2.05, 4.69) is 15.5 Å². The van der Waals surface area contributed by atoms with E-state index >= 15 is 0 Å². The molecular weight excluding hydrogens is 330 g/mol. The van der Waals surface area contributed by atoms with Crippen LogP contribution in [0, 0.1) is 5.92 Å². The summed E-state index contributed by atoms with van der Waals surface area (Å²) in [5, 5.41) is 7.80. The number of carbonyl (C=O) groups is 1. The Hall–Kier alpha value is -2.48. The van der Waals surface area contributed by atoms with Crippen LogP contribution in [0.15, 0.2) is 46.3 Å². The lowest BCUT2D eigenvalue weighted by Gasteiger charge is -2.07. The number of benzene rings is 1. The quantitative estimate of drug-likeness (QED) is 0.846. The monoisotopic (exact) mass is 347 g/mol. The van der Waals surface area contributed by atoms with Gasteiger partial charge in [0.2, 0.25) is 5.91 Å². The molecule has 24 heavy (non-hydrogen) atoms. The van der Waals surface area contributed by atoms with Crippen LogP contribution < -0.4 is 5.32 Å². The molecule has 3 rings (SSSR count). The summed E-state index contributed by atoms with van der Waals surface area (Å²) in [4.78, 5) is 16.1. The van der Waals surface area contributed by atoms with Gasteiger partial charge >= 0.3 is 0 Å². The lowest BCUT2D eigenvalue weighted by Crippen LogP contribution is -2.28. The highest BCUT2D eigenvalue weighted by molar-refractivity contribution is 7.94. The van der Waals surface area contributed by atoms with Crippen molar-refractivity contribution in [2.45, 2.75) is 12.8 Å². The van der Waals surface area contributed by atoms with Crippen LogP contribution in [0.2, 0.25) is 0 Å². The summed E-state index contributed by atoms with van der Waals surface area (Å²) >= 11 is 0. The Labute approximate surface area is 139 Å². The molecule has 126 valence electrons. The lowest BCUT2D eigenvalue weighted by atomic mass is 10.1. The Morgan fingerprint density at radius 3 is 2.79 bits per heavy atom. The molecule has 7 nitrogen and oxygen atoms in total. The largest absolute Gasteiger partial charge is 0.356 e.